The van der Waals surface area contributed by atoms with Gasteiger partial charge in [0.05, 0.1) is 5.56 Å². The predicted molar refractivity (Wildman–Crippen MR) is 91.2 cm³/mol. The lowest BCUT2D eigenvalue weighted by atomic mass is 10.1. The summed E-state index contributed by atoms with van der Waals surface area (Å²) in [7, 11) is 1.71. The normalized spacial score (nSPS) is 18.1. The van der Waals surface area contributed by atoms with E-state index in [0.29, 0.717) is 17.9 Å². The Hall–Kier alpha value is -2.93. The third-order valence-electron chi connectivity index (χ3n) is 4.01. The van der Waals surface area contributed by atoms with E-state index in [2.05, 4.69) is 4.99 Å². The number of nitrogens with zero attached hydrogens (tertiary/aromatic N) is 2. The van der Waals surface area contributed by atoms with Crippen LogP contribution in [0.4, 0.5) is 0 Å². The van der Waals surface area contributed by atoms with Gasteiger partial charge < -0.3 is 15.4 Å². The quantitative estimate of drug-likeness (QED) is 0.670. The highest BCUT2D eigenvalue weighted by molar-refractivity contribution is 7.16. The van der Waals surface area contributed by atoms with Gasteiger partial charge in [0, 0.05) is 22.4 Å². The predicted octanol–water partition coefficient (Wildman–Crippen LogP) is 2.21. The van der Waals surface area contributed by atoms with Crippen LogP contribution in [0.15, 0.2) is 41.0 Å². The molecule has 24 heavy (non-hydrogen) atoms. The molecule has 1 aromatic carbocycles. The third-order valence-corrected chi connectivity index (χ3v) is 5.10. The second kappa shape index (κ2) is 5.31. The zero-order valence-corrected chi connectivity index (χ0v) is 13.6. The van der Waals surface area contributed by atoms with Crippen LogP contribution in [0, 0.1) is 0 Å². The van der Waals surface area contributed by atoms with E-state index in [0.717, 1.165) is 20.9 Å². The molecule has 0 saturated carbocycles. The smallest absolute Gasteiger partial charge is 0.338 e. The summed E-state index contributed by atoms with van der Waals surface area (Å²) in [6, 6.07) is 9.59. The Morgan fingerprint density at radius 3 is 2.88 bits per heavy atom. The van der Waals surface area contributed by atoms with E-state index in [1.54, 1.807) is 35.4 Å². The Balaban J connectivity index is 1.65. The number of hydrogen-bond acceptors (Lipinski definition) is 6. The van der Waals surface area contributed by atoms with Crippen molar-refractivity contribution >= 4 is 35.2 Å². The highest BCUT2D eigenvalue weighted by atomic mass is 32.1. The second-order valence-electron chi connectivity index (χ2n) is 5.51. The lowest BCUT2D eigenvalue weighted by molar-refractivity contribution is -0.114. The Morgan fingerprint density at radius 1 is 1.29 bits per heavy atom. The molecule has 2 N–H and O–H groups in total. The molecular formula is C17H13N3O3S. The van der Waals surface area contributed by atoms with E-state index in [9.17, 15) is 9.59 Å². The van der Waals surface area contributed by atoms with E-state index < -0.39 is 0 Å². The highest BCUT2D eigenvalue weighted by Crippen LogP contribution is 2.33. The molecule has 0 unspecified atom stereocenters. The zero-order chi connectivity index (χ0) is 16.8. The van der Waals surface area contributed by atoms with E-state index in [1.165, 1.54) is 0 Å². The number of carbonyl (C=O) groups is 2. The van der Waals surface area contributed by atoms with E-state index >= 15 is 0 Å². The molecular weight excluding hydrogens is 326 g/mol. The van der Waals surface area contributed by atoms with Gasteiger partial charge in [-0.15, -0.1) is 11.3 Å². The number of likely N-dealkylation sites (N-methyl/N-ethyl adjacent to an activating group) is 1. The largest absolute Gasteiger partial charge is 0.457 e. The van der Waals surface area contributed by atoms with E-state index in [4.69, 9.17) is 10.5 Å². The van der Waals surface area contributed by atoms with Crippen LogP contribution in [-0.2, 0) is 16.1 Å². The molecule has 4 rings (SSSR count). The number of fused-ring (bicyclic) bond motifs is 1. The number of guanidine groups is 1. The molecule has 2 aliphatic rings. The number of nitrogens with two attached hydrogens (primary N) is 1. The summed E-state index contributed by atoms with van der Waals surface area (Å²) >= 11 is 1.55. The fourth-order valence-electron chi connectivity index (χ4n) is 2.67. The molecule has 120 valence electrons. The van der Waals surface area contributed by atoms with Crippen molar-refractivity contribution in [2.45, 2.75) is 6.61 Å². The standard InChI is InChI=1S/C17H13N3O3S/c1-20-13(15(21)19-17(20)18)7-11-3-5-14(24-11)9-2-4-12-10(6-9)8-23-16(12)22/h2-7H,8H2,1H3,(H2,18,19,21). The average molecular weight is 339 g/mol. The van der Waals surface area contributed by atoms with Gasteiger partial charge in [-0.05, 0) is 35.9 Å². The minimum atomic E-state index is -0.335. The Labute approximate surface area is 141 Å². The molecule has 0 bridgehead atoms. The van der Waals surface area contributed by atoms with Gasteiger partial charge in [0.25, 0.3) is 5.91 Å². The maximum absolute atomic E-state index is 11.8. The lowest BCUT2D eigenvalue weighted by Gasteiger charge is -2.10. The van der Waals surface area contributed by atoms with Gasteiger partial charge in [-0.1, -0.05) is 6.07 Å². The van der Waals surface area contributed by atoms with Crippen molar-refractivity contribution < 1.29 is 14.3 Å². The summed E-state index contributed by atoms with van der Waals surface area (Å²) in [5, 5.41) is 0. The first-order valence-electron chi connectivity index (χ1n) is 7.27. The molecule has 3 heterocycles. The van der Waals surface area contributed by atoms with Crippen molar-refractivity contribution in [2.75, 3.05) is 7.05 Å². The minimum absolute atomic E-state index is 0.200. The van der Waals surface area contributed by atoms with Crippen LogP contribution >= 0.6 is 11.3 Å². The molecule has 0 fully saturated rings. The molecule has 1 aromatic heterocycles. The summed E-state index contributed by atoms with van der Waals surface area (Å²) in [5.41, 5.74) is 8.65. The average Bonchev–Trinajstić information content (AvgIpc) is 3.24. The Morgan fingerprint density at radius 2 is 2.12 bits per heavy atom. The maximum atomic E-state index is 11.8. The fourth-order valence-corrected chi connectivity index (χ4v) is 3.61. The van der Waals surface area contributed by atoms with Crippen molar-refractivity contribution in [3.05, 3.63) is 52.0 Å². The van der Waals surface area contributed by atoms with Crippen molar-refractivity contribution in [1.82, 2.24) is 4.90 Å². The van der Waals surface area contributed by atoms with Gasteiger partial charge >= 0.3 is 5.97 Å². The highest BCUT2D eigenvalue weighted by Gasteiger charge is 2.24. The number of carbonyl (C=O) groups excluding carboxylic acids is 2. The van der Waals surface area contributed by atoms with Gasteiger partial charge in [0.2, 0.25) is 5.96 Å². The van der Waals surface area contributed by atoms with Crippen molar-refractivity contribution in [3.63, 3.8) is 0 Å². The number of esters is 1. The van der Waals surface area contributed by atoms with Gasteiger partial charge in [-0.2, -0.15) is 4.99 Å². The van der Waals surface area contributed by atoms with Crippen LogP contribution in [0.2, 0.25) is 0 Å². The van der Waals surface area contributed by atoms with Crippen molar-refractivity contribution in [3.8, 4) is 10.4 Å². The van der Waals surface area contributed by atoms with Crippen LogP contribution in [-0.4, -0.2) is 29.8 Å². The number of cyclic esters (lactones) is 1. The molecule has 0 spiro atoms. The van der Waals surface area contributed by atoms with Crippen LogP contribution in [0.5, 0.6) is 0 Å². The SMILES string of the molecule is CN1C(=Cc2ccc(-c3ccc4c(c3)COC4=O)s2)C(=O)N=C1N. The monoisotopic (exact) mass is 339 g/mol. The topological polar surface area (TPSA) is 85.0 Å². The molecule has 7 heteroatoms. The number of amides is 1. The number of hydrogen-bond donors (Lipinski definition) is 1. The summed E-state index contributed by atoms with van der Waals surface area (Å²) in [5.74, 6) is -0.405. The third kappa shape index (κ3) is 2.30. The lowest BCUT2D eigenvalue weighted by Crippen LogP contribution is -2.28. The molecule has 6 nitrogen and oxygen atoms in total. The summed E-state index contributed by atoms with van der Waals surface area (Å²) in [6.07, 6.45) is 1.78. The molecule has 2 aliphatic heterocycles. The number of aliphatic imine (C=N–C) groups is 1. The first kappa shape index (κ1) is 14.6. The minimum Gasteiger partial charge on any atom is -0.457 e. The summed E-state index contributed by atoms with van der Waals surface area (Å²) < 4.78 is 5.03. The number of rotatable bonds is 2. The maximum Gasteiger partial charge on any atom is 0.338 e. The molecule has 0 saturated heterocycles. The van der Waals surface area contributed by atoms with Crippen LogP contribution in [0.3, 0.4) is 0 Å². The molecule has 1 amide bonds. The fraction of sp³-hybridized carbons (Fsp3) is 0.118. The van der Waals surface area contributed by atoms with E-state index in [-0.39, 0.29) is 17.8 Å². The van der Waals surface area contributed by atoms with Crippen LogP contribution in [0.25, 0.3) is 16.5 Å². The number of benzene rings is 1. The first-order chi connectivity index (χ1) is 11.5. The molecule has 2 aromatic rings. The van der Waals surface area contributed by atoms with Crippen LogP contribution < -0.4 is 5.73 Å². The number of thiophene rings is 1. The number of ether oxygens (including phenoxy) is 1. The molecule has 0 aliphatic carbocycles. The van der Waals surface area contributed by atoms with Gasteiger partial charge in [-0.3, -0.25) is 4.79 Å². The summed E-state index contributed by atoms with van der Waals surface area (Å²) in [6.45, 7) is 0.320. The Bertz CT molecular complexity index is 942. The molecule has 0 atom stereocenters. The second-order valence-corrected chi connectivity index (χ2v) is 6.63. The zero-order valence-electron chi connectivity index (χ0n) is 12.8. The van der Waals surface area contributed by atoms with Crippen molar-refractivity contribution in [2.24, 2.45) is 10.7 Å². The van der Waals surface area contributed by atoms with Crippen LogP contribution in [0.1, 0.15) is 20.8 Å². The summed E-state index contributed by atoms with van der Waals surface area (Å²) in [4.78, 5) is 30.6. The van der Waals surface area contributed by atoms with E-state index in [1.807, 2.05) is 24.3 Å². The first-order valence-corrected chi connectivity index (χ1v) is 8.09. The Kier molecular flexibility index (Phi) is 3.24. The molecule has 0 radical (unpaired) electrons. The van der Waals surface area contributed by atoms with Gasteiger partial charge in [-0.25, -0.2) is 4.79 Å². The van der Waals surface area contributed by atoms with Gasteiger partial charge in [0.1, 0.15) is 12.3 Å². The van der Waals surface area contributed by atoms with Crippen molar-refractivity contribution in [1.29, 1.82) is 0 Å². The van der Waals surface area contributed by atoms with Gasteiger partial charge in [0.15, 0.2) is 0 Å².